The van der Waals surface area contributed by atoms with Crippen molar-refractivity contribution >= 4 is 6.09 Å². The Morgan fingerprint density at radius 2 is 2.26 bits per heavy atom. The first kappa shape index (κ1) is 17.8. The Morgan fingerprint density at radius 1 is 1.43 bits per heavy atom. The van der Waals surface area contributed by atoms with Crippen LogP contribution in [-0.4, -0.2) is 40.8 Å². The molecule has 0 aromatic carbocycles. The molecule has 1 aliphatic rings. The standard InChI is InChI=1S/C17H30N4O2/c1-17(2,3)23-16(22)21-12-13-6-4-7-14(13)18-9-5-8-15-19-10-11-20-15/h10-11,13-14,18H,4-9,12H2,1-3H3,(H,19,20)(H,21,22). The molecule has 6 heteroatoms. The molecule has 1 fully saturated rings. The Balaban J connectivity index is 1.63. The Kier molecular flexibility index (Phi) is 6.45. The zero-order chi connectivity index (χ0) is 16.7. The molecule has 0 spiro atoms. The van der Waals surface area contributed by atoms with Crippen LogP contribution in [0.4, 0.5) is 4.79 Å². The second kappa shape index (κ2) is 8.34. The Labute approximate surface area is 138 Å². The summed E-state index contributed by atoms with van der Waals surface area (Å²) in [6.45, 7) is 7.31. The van der Waals surface area contributed by atoms with E-state index in [1.54, 1.807) is 6.20 Å². The third-order valence-corrected chi connectivity index (χ3v) is 4.12. The van der Waals surface area contributed by atoms with Gasteiger partial charge in [0.1, 0.15) is 11.4 Å². The van der Waals surface area contributed by atoms with Gasteiger partial charge < -0.3 is 20.4 Å². The summed E-state index contributed by atoms with van der Waals surface area (Å²) in [5.41, 5.74) is -0.441. The fraction of sp³-hybridized carbons (Fsp3) is 0.765. The number of carbonyl (C=O) groups excluding carboxylic acids is 1. The zero-order valence-corrected chi connectivity index (χ0v) is 14.5. The van der Waals surface area contributed by atoms with Gasteiger partial charge in [0.15, 0.2) is 0 Å². The van der Waals surface area contributed by atoms with Crippen molar-refractivity contribution in [2.75, 3.05) is 13.1 Å². The van der Waals surface area contributed by atoms with Crippen LogP contribution in [-0.2, 0) is 11.2 Å². The van der Waals surface area contributed by atoms with Crippen LogP contribution >= 0.6 is 0 Å². The molecule has 1 amide bonds. The molecule has 2 rings (SSSR count). The van der Waals surface area contributed by atoms with E-state index in [1.807, 2.05) is 27.0 Å². The Morgan fingerprint density at radius 3 is 2.96 bits per heavy atom. The molecule has 23 heavy (non-hydrogen) atoms. The normalized spacial score (nSPS) is 21.3. The van der Waals surface area contributed by atoms with Gasteiger partial charge >= 0.3 is 6.09 Å². The summed E-state index contributed by atoms with van der Waals surface area (Å²) in [7, 11) is 0. The topological polar surface area (TPSA) is 79.0 Å². The molecular weight excluding hydrogens is 292 g/mol. The Bertz CT molecular complexity index is 467. The number of nitrogens with one attached hydrogen (secondary N) is 3. The van der Waals surface area contributed by atoms with Crippen molar-refractivity contribution < 1.29 is 9.53 Å². The van der Waals surface area contributed by atoms with Gasteiger partial charge in [-0.2, -0.15) is 0 Å². The van der Waals surface area contributed by atoms with Gasteiger partial charge in [-0.15, -0.1) is 0 Å². The van der Waals surface area contributed by atoms with E-state index in [-0.39, 0.29) is 6.09 Å². The summed E-state index contributed by atoms with van der Waals surface area (Å²) in [4.78, 5) is 19.1. The molecule has 0 aliphatic heterocycles. The van der Waals surface area contributed by atoms with Crippen molar-refractivity contribution in [2.24, 2.45) is 5.92 Å². The summed E-state index contributed by atoms with van der Waals surface area (Å²) >= 11 is 0. The van der Waals surface area contributed by atoms with Crippen molar-refractivity contribution in [1.82, 2.24) is 20.6 Å². The maximum absolute atomic E-state index is 11.7. The smallest absolute Gasteiger partial charge is 0.407 e. The molecule has 6 nitrogen and oxygen atoms in total. The number of hydrogen-bond acceptors (Lipinski definition) is 4. The van der Waals surface area contributed by atoms with E-state index in [4.69, 9.17) is 4.74 Å². The van der Waals surface area contributed by atoms with Crippen LogP contribution in [0.2, 0.25) is 0 Å². The van der Waals surface area contributed by atoms with Crippen LogP contribution in [0, 0.1) is 5.92 Å². The largest absolute Gasteiger partial charge is 0.444 e. The average molecular weight is 322 g/mol. The second-order valence-electron chi connectivity index (χ2n) is 7.27. The number of imidazole rings is 1. The minimum Gasteiger partial charge on any atom is -0.444 e. The maximum atomic E-state index is 11.7. The quantitative estimate of drug-likeness (QED) is 0.674. The van der Waals surface area contributed by atoms with Gasteiger partial charge in [0, 0.05) is 31.4 Å². The third kappa shape index (κ3) is 6.60. The van der Waals surface area contributed by atoms with Gasteiger partial charge in [0.25, 0.3) is 0 Å². The lowest BCUT2D eigenvalue weighted by atomic mass is 10.0. The molecule has 1 aliphatic carbocycles. The second-order valence-corrected chi connectivity index (χ2v) is 7.27. The molecule has 130 valence electrons. The number of rotatable bonds is 7. The minimum atomic E-state index is -0.441. The first-order valence-electron chi connectivity index (χ1n) is 8.62. The molecule has 1 saturated carbocycles. The van der Waals surface area contributed by atoms with E-state index in [9.17, 15) is 4.79 Å². The van der Waals surface area contributed by atoms with E-state index < -0.39 is 5.60 Å². The molecule has 1 aromatic heterocycles. The Hall–Kier alpha value is -1.56. The molecule has 1 heterocycles. The highest BCUT2D eigenvalue weighted by atomic mass is 16.6. The number of amides is 1. The highest BCUT2D eigenvalue weighted by Gasteiger charge is 2.27. The lowest BCUT2D eigenvalue weighted by molar-refractivity contribution is 0.0517. The fourth-order valence-electron chi connectivity index (χ4n) is 3.06. The van der Waals surface area contributed by atoms with E-state index in [2.05, 4.69) is 20.6 Å². The molecule has 0 saturated heterocycles. The van der Waals surface area contributed by atoms with Crippen molar-refractivity contribution in [3.8, 4) is 0 Å². The first-order chi connectivity index (χ1) is 10.9. The van der Waals surface area contributed by atoms with Crippen molar-refractivity contribution in [2.45, 2.75) is 64.5 Å². The van der Waals surface area contributed by atoms with Gasteiger partial charge in [-0.1, -0.05) is 6.42 Å². The molecule has 0 radical (unpaired) electrons. The number of carbonyl (C=O) groups is 1. The number of H-pyrrole nitrogens is 1. The van der Waals surface area contributed by atoms with Crippen LogP contribution in [0.3, 0.4) is 0 Å². The molecule has 3 N–H and O–H groups in total. The number of nitrogens with zero attached hydrogens (tertiary/aromatic N) is 1. The van der Waals surface area contributed by atoms with E-state index in [1.165, 1.54) is 12.8 Å². The maximum Gasteiger partial charge on any atom is 0.407 e. The molecule has 2 atom stereocenters. The van der Waals surface area contributed by atoms with Gasteiger partial charge in [-0.25, -0.2) is 9.78 Å². The van der Waals surface area contributed by atoms with E-state index >= 15 is 0 Å². The number of hydrogen-bond donors (Lipinski definition) is 3. The lowest BCUT2D eigenvalue weighted by Gasteiger charge is -2.23. The van der Waals surface area contributed by atoms with Crippen LogP contribution in [0.1, 0.15) is 52.3 Å². The van der Waals surface area contributed by atoms with Crippen LogP contribution in [0.15, 0.2) is 12.4 Å². The van der Waals surface area contributed by atoms with E-state index in [0.29, 0.717) is 18.5 Å². The predicted octanol–water partition coefficient (Wildman–Crippen LogP) is 2.63. The van der Waals surface area contributed by atoms with E-state index in [0.717, 1.165) is 31.6 Å². The molecule has 2 unspecified atom stereocenters. The van der Waals surface area contributed by atoms with Crippen molar-refractivity contribution in [3.05, 3.63) is 18.2 Å². The third-order valence-electron chi connectivity index (χ3n) is 4.12. The van der Waals surface area contributed by atoms with Gasteiger partial charge in [0.05, 0.1) is 0 Å². The van der Waals surface area contributed by atoms with Crippen LogP contribution in [0.25, 0.3) is 0 Å². The predicted molar refractivity (Wildman–Crippen MR) is 90.3 cm³/mol. The van der Waals surface area contributed by atoms with Crippen LogP contribution < -0.4 is 10.6 Å². The number of aryl methyl sites for hydroxylation is 1. The summed E-state index contributed by atoms with van der Waals surface area (Å²) in [5.74, 6) is 1.53. The lowest BCUT2D eigenvalue weighted by Crippen LogP contribution is -2.41. The summed E-state index contributed by atoms with van der Waals surface area (Å²) in [6.07, 6.45) is 8.92. The summed E-state index contributed by atoms with van der Waals surface area (Å²) in [5, 5.41) is 6.54. The monoisotopic (exact) mass is 322 g/mol. The summed E-state index contributed by atoms with van der Waals surface area (Å²) < 4.78 is 5.29. The first-order valence-corrected chi connectivity index (χ1v) is 8.62. The number of aromatic nitrogens is 2. The van der Waals surface area contributed by atoms with Crippen LogP contribution in [0.5, 0.6) is 0 Å². The van der Waals surface area contributed by atoms with Crippen molar-refractivity contribution in [3.63, 3.8) is 0 Å². The molecule has 1 aromatic rings. The average Bonchev–Trinajstić information content (AvgIpc) is 3.11. The van der Waals surface area contributed by atoms with Gasteiger partial charge in [-0.3, -0.25) is 0 Å². The SMILES string of the molecule is CC(C)(C)OC(=O)NCC1CCCC1NCCCc1ncc[nH]1. The fourth-order valence-corrected chi connectivity index (χ4v) is 3.06. The number of alkyl carbamates (subject to hydrolysis) is 1. The minimum absolute atomic E-state index is 0.319. The van der Waals surface area contributed by atoms with Crippen molar-refractivity contribution in [1.29, 1.82) is 0 Å². The number of ether oxygens (including phenoxy) is 1. The molecular formula is C17H30N4O2. The molecule has 0 bridgehead atoms. The zero-order valence-electron chi connectivity index (χ0n) is 14.5. The van der Waals surface area contributed by atoms with Gasteiger partial charge in [-0.05, 0) is 52.5 Å². The van der Waals surface area contributed by atoms with Gasteiger partial charge in [0.2, 0.25) is 0 Å². The summed E-state index contributed by atoms with van der Waals surface area (Å²) in [6, 6.07) is 0.488. The highest BCUT2D eigenvalue weighted by Crippen LogP contribution is 2.25. The number of aromatic amines is 1. The highest BCUT2D eigenvalue weighted by molar-refractivity contribution is 5.67.